The molecule has 3 heterocycles. The average molecular weight is 378 g/mol. The number of hydrogen-bond acceptors (Lipinski definition) is 6. The number of hydrogen-bond donors (Lipinski definition) is 1. The van der Waals surface area contributed by atoms with Crippen LogP contribution < -0.4 is 4.74 Å². The van der Waals surface area contributed by atoms with Crippen LogP contribution in [0.1, 0.15) is 30.1 Å². The predicted molar refractivity (Wildman–Crippen MR) is 103 cm³/mol. The highest BCUT2D eigenvalue weighted by Crippen LogP contribution is 2.27. The van der Waals surface area contributed by atoms with Gasteiger partial charge in [-0.25, -0.2) is 9.97 Å². The molecular weight excluding hydrogens is 356 g/mol. The zero-order chi connectivity index (χ0) is 19.3. The second kappa shape index (κ2) is 8.16. The van der Waals surface area contributed by atoms with E-state index in [4.69, 9.17) is 4.74 Å². The molecule has 0 radical (unpaired) electrons. The van der Waals surface area contributed by atoms with Crippen LogP contribution in [0.4, 0.5) is 0 Å². The Hall–Kier alpha value is -3.29. The number of carbonyl (C=O) groups excluding carboxylic acids is 1. The number of amides is 1. The van der Waals surface area contributed by atoms with Gasteiger partial charge >= 0.3 is 0 Å². The van der Waals surface area contributed by atoms with Gasteiger partial charge in [-0.3, -0.25) is 14.9 Å². The summed E-state index contributed by atoms with van der Waals surface area (Å²) in [6.07, 6.45) is 7.00. The van der Waals surface area contributed by atoms with Crippen molar-refractivity contribution in [2.24, 2.45) is 0 Å². The van der Waals surface area contributed by atoms with Gasteiger partial charge in [0.1, 0.15) is 17.3 Å². The highest BCUT2D eigenvalue weighted by molar-refractivity contribution is 5.79. The second-order valence-electron chi connectivity index (χ2n) is 6.82. The maximum absolute atomic E-state index is 12.6. The van der Waals surface area contributed by atoms with E-state index in [0.717, 1.165) is 30.0 Å². The molecular formula is C20H22N6O2. The van der Waals surface area contributed by atoms with Crippen molar-refractivity contribution in [3.8, 4) is 17.3 Å². The second-order valence-corrected chi connectivity index (χ2v) is 6.82. The molecule has 2 aromatic heterocycles. The molecule has 1 fully saturated rings. The van der Waals surface area contributed by atoms with E-state index in [9.17, 15) is 4.79 Å². The lowest BCUT2D eigenvalue weighted by atomic mass is 9.95. The Morgan fingerprint density at radius 3 is 2.89 bits per heavy atom. The fraction of sp³-hybridized carbons (Fsp3) is 0.350. The molecule has 1 saturated heterocycles. The molecule has 1 amide bonds. The molecule has 0 spiro atoms. The summed E-state index contributed by atoms with van der Waals surface area (Å²) in [6.45, 7) is 1.43. The summed E-state index contributed by atoms with van der Waals surface area (Å²) in [7, 11) is 1.63. The molecule has 1 aliphatic rings. The van der Waals surface area contributed by atoms with Crippen LogP contribution in [0.3, 0.4) is 0 Å². The molecule has 1 N–H and O–H groups in total. The Labute approximate surface area is 163 Å². The Balaban J connectivity index is 1.34. The van der Waals surface area contributed by atoms with Gasteiger partial charge in [-0.05, 0) is 30.5 Å². The lowest BCUT2D eigenvalue weighted by Crippen LogP contribution is -2.39. The van der Waals surface area contributed by atoms with Crippen molar-refractivity contribution < 1.29 is 9.53 Å². The quantitative estimate of drug-likeness (QED) is 0.731. The van der Waals surface area contributed by atoms with E-state index in [2.05, 4.69) is 25.1 Å². The fourth-order valence-corrected chi connectivity index (χ4v) is 3.46. The maximum Gasteiger partial charge on any atom is 0.226 e. The molecule has 0 unspecified atom stereocenters. The van der Waals surface area contributed by atoms with Crippen molar-refractivity contribution in [2.45, 2.75) is 25.2 Å². The van der Waals surface area contributed by atoms with Gasteiger partial charge in [-0.1, -0.05) is 12.1 Å². The molecule has 144 valence electrons. The minimum Gasteiger partial charge on any atom is -0.497 e. The van der Waals surface area contributed by atoms with Gasteiger partial charge in [0.2, 0.25) is 11.7 Å². The Bertz CT molecular complexity index is 935. The van der Waals surface area contributed by atoms with E-state index >= 15 is 0 Å². The highest BCUT2D eigenvalue weighted by Gasteiger charge is 2.26. The number of nitrogens with zero attached hydrogens (tertiary/aromatic N) is 5. The predicted octanol–water partition coefficient (Wildman–Crippen LogP) is 2.22. The van der Waals surface area contributed by atoms with Crippen molar-refractivity contribution in [3.05, 3.63) is 54.2 Å². The average Bonchev–Trinajstić information content (AvgIpc) is 3.25. The topological polar surface area (TPSA) is 96.9 Å². The van der Waals surface area contributed by atoms with Crippen LogP contribution in [0.25, 0.3) is 11.5 Å². The molecule has 0 aliphatic carbocycles. The van der Waals surface area contributed by atoms with Crippen LogP contribution in [0.15, 0.2) is 42.9 Å². The third-order valence-electron chi connectivity index (χ3n) is 5.02. The smallest absolute Gasteiger partial charge is 0.226 e. The number of carbonyl (C=O) groups is 1. The molecule has 0 saturated carbocycles. The van der Waals surface area contributed by atoms with Crippen LogP contribution in [-0.2, 0) is 11.2 Å². The molecule has 0 bridgehead atoms. The molecule has 3 aromatic rings. The number of ether oxygens (including phenoxy) is 1. The first-order chi connectivity index (χ1) is 13.7. The fourth-order valence-electron chi connectivity index (χ4n) is 3.46. The van der Waals surface area contributed by atoms with Crippen molar-refractivity contribution >= 4 is 5.91 Å². The largest absolute Gasteiger partial charge is 0.497 e. The summed E-state index contributed by atoms with van der Waals surface area (Å²) in [5, 5.41) is 7.28. The number of piperidine rings is 1. The monoisotopic (exact) mass is 378 g/mol. The molecule has 8 heteroatoms. The highest BCUT2D eigenvalue weighted by atomic mass is 16.5. The minimum absolute atomic E-state index is 0.143. The van der Waals surface area contributed by atoms with E-state index < -0.39 is 0 Å². The van der Waals surface area contributed by atoms with Gasteiger partial charge in [-0.2, -0.15) is 5.10 Å². The maximum atomic E-state index is 12.6. The summed E-state index contributed by atoms with van der Waals surface area (Å²) in [5.41, 5.74) is 1.62. The number of methoxy groups -OCH3 is 1. The van der Waals surface area contributed by atoms with Gasteiger partial charge in [0, 0.05) is 31.4 Å². The van der Waals surface area contributed by atoms with Gasteiger partial charge in [0.15, 0.2) is 0 Å². The van der Waals surface area contributed by atoms with Gasteiger partial charge in [-0.15, -0.1) is 0 Å². The van der Waals surface area contributed by atoms with Crippen LogP contribution in [-0.4, -0.2) is 56.2 Å². The summed E-state index contributed by atoms with van der Waals surface area (Å²) < 4.78 is 5.23. The zero-order valence-corrected chi connectivity index (χ0v) is 15.7. The summed E-state index contributed by atoms with van der Waals surface area (Å²) in [5.74, 6) is 2.58. The first-order valence-electron chi connectivity index (χ1n) is 9.32. The van der Waals surface area contributed by atoms with Crippen LogP contribution in [0, 0.1) is 0 Å². The lowest BCUT2D eigenvalue weighted by molar-refractivity contribution is -0.131. The van der Waals surface area contributed by atoms with Crippen LogP contribution >= 0.6 is 0 Å². The first-order valence-corrected chi connectivity index (χ1v) is 9.32. The van der Waals surface area contributed by atoms with Crippen LogP contribution in [0.5, 0.6) is 5.75 Å². The number of H-pyrrole nitrogens is 1. The number of nitrogens with one attached hydrogen (secondary N) is 1. The SMILES string of the molecule is COc1cccc(CC(=O)N2CCC(c3nc(-c4cnccn4)n[nH]3)CC2)c1. The molecule has 28 heavy (non-hydrogen) atoms. The number of likely N-dealkylation sites (tertiary alicyclic amines) is 1. The summed E-state index contributed by atoms with van der Waals surface area (Å²) in [4.78, 5) is 27.4. The molecule has 4 rings (SSSR count). The third-order valence-corrected chi connectivity index (χ3v) is 5.02. The Morgan fingerprint density at radius 2 is 2.14 bits per heavy atom. The lowest BCUT2D eigenvalue weighted by Gasteiger charge is -2.31. The Morgan fingerprint density at radius 1 is 1.29 bits per heavy atom. The number of aromatic amines is 1. The third kappa shape index (κ3) is 4.00. The molecule has 8 nitrogen and oxygen atoms in total. The van der Waals surface area contributed by atoms with Crippen molar-refractivity contribution in [3.63, 3.8) is 0 Å². The molecule has 1 aliphatic heterocycles. The number of rotatable bonds is 5. The van der Waals surface area contributed by atoms with Gasteiger partial charge < -0.3 is 9.64 Å². The van der Waals surface area contributed by atoms with Crippen LogP contribution in [0.2, 0.25) is 0 Å². The van der Waals surface area contributed by atoms with E-state index in [1.807, 2.05) is 29.2 Å². The van der Waals surface area contributed by atoms with E-state index in [-0.39, 0.29) is 11.8 Å². The van der Waals surface area contributed by atoms with Gasteiger partial charge in [0.25, 0.3) is 0 Å². The number of benzene rings is 1. The normalized spacial score (nSPS) is 14.8. The van der Waals surface area contributed by atoms with E-state index in [0.29, 0.717) is 31.0 Å². The van der Waals surface area contributed by atoms with E-state index in [1.165, 1.54) is 0 Å². The standard InChI is InChI=1S/C20H22N6O2/c1-28-16-4-2-3-14(11-16)12-18(27)26-9-5-15(6-10-26)19-23-20(25-24-19)17-13-21-7-8-22-17/h2-4,7-8,11,13,15H,5-6,9-10,12H2,1H3,(H,23,24,25). The molecule has 0 atom stereocenters. The summed E-state index contributed by atoms with van der Waals surface area (Å²) in [6, 6.07) is 7.65. The first kappa shape index (κ1) is 18.1. The minimum atomic E-state index is 0.143. The molecule has 1 aromatic carbocycles. The Kier molecular flexibility index (Phi) is 5.27. The van der Waals surface area contributed by atoms with Crippen molar-refractivity contribution in [1.29, 1.82) is 0 Å². The summed E-state index contributed by atoms with van der Waals surface area (Å²) >= 11 is 0. The van der Waals surface area contributed by atoms with Crippen molar-refractivity contribution in [1.82, 2.24) is 30.0 Å². The van der Waals surface area contributed by atoms with E-state index in [1.54, 1.807) is 25.7 Å². The number of aromatic nitrogens is 5. The van der Waals surface area contributed by atoms with Crippen molar-refractivity contribution in [2.75, 3.05) is 20.2 Å². The zero-order valence-electron chi connectivity index (χ0n) is 15.7. The van der Waals surface area contributed by atoms with Gasteiger partial charge in [0.05, 0.1) is 19.7 Å².